The Balaban J connectivity index is 2.07. The van der Waals surface area contributed by atoms with Gasteiger partial charge in [0.15, 0.2) is 0 Å². The summed E-state index contributed by atoms with van der Waals surface area (Å²) in [5.74, 6) is 1.34. The Labute approximate surface area is 110 Å². The Morgan fingerprint density at radius 2 is 2.22 bits per heavy atom. The third kappa shape index (κ3) is 2.99. The molecule has 0 fully saturated rings. The zero-order valence-corrected chi connectivity index (χ0v) is 11.5. The molecule has 5 nitrogen and oxygen atoms in total. The normalized spacial score (nSPS) is 11.9. The maximum absolute atomic E-state index is 12.0. The summed E-state index contributed by atoms with van der Waals surface area (Å²) in [6.07, 6.45) is 0. The van der Waals surface area contributed by atoms with Crippen molar-refractivity contribution in [1.29, 1.82) is 0 Å². The molecular formula is C11H14N2O3S2. The van der Waals surface area contributed by atoms with E-state index in [2.05, 4.69) is 4.72 Å². The van der Waals surface area contributed by atoms with Gasteiger partial charge in [-0.05, 0) is 36.1 Å². The predicted molar refractivity (Wildman–Crippen MR) is 69.7 cm³/mol. The van der Waals surface area contributed by atoms with Crippen molar-refractivity contribution in [3.05, 3.63) is 40.7 Å². The van der Waals surface area contributed by atoms with Gasteiger partial charge in [0.25, 0.3) is 0 Å². The van der Waals surface area contributed by atoms with Crippen LogP contribution in [0.1, 0.15) is 17.1 Å². The van der Waals surface area contributed by atoms with E-state index in [1.54, 1.807) is 23.6 Å². The quantitative estimate of drug-likeness (QED) is 0.874. The molecule has 0 aliphatic rings. The lowest BCUT2D eigenvalue weighted by molar-refractivity contribution is 0.475. The largest absolute Gasteiger partial charge is 0.465 e. The zero-order valence-electron chi connectivity index (χ0n) is 9.84. The SMILES string of the molecule is Cc1ccc(CNS(=O)(=O)c2cc(CN)cs2)o1. The molecular weight excluding hydrogens is 272 g/mol. The highest BCUT2D eigenvalue weighted by Crippen LogP contribution is 2.20. The van der Waals surface area contributed by atoms with Gasteiger partial charge in [0.2, 0.25) is 10.0 Å². The molecule has 0 aromatic carbocycles. The number of thiophene rings is 1. The lowest BCUT2D eigenvalue weighted by Gasteiger charge is -2.02. The molecule has 0 bridgehead atoms. The van der Waals surface area contributed by atoms with E-state index >= 15 is 0 Å². The Morgan fingerprint density at radius 1 is 1.44 bits per heavy atom. The first kappa shape index (κ1) is 13.3. The third-order valence-corrected chi connectivity index (χ3v) is 5.25. The third-order valence-electron chi connectivity index (χ3n) is 2.36. The van der Waals surface area contributed by atoms with Crippen LogP contribution in [-0.4, -0.2) is 8.42 Å². The number of aryl methyl sites for hydroxylation is 1. The maximum Gasteiger partial charge on any atom is 0.250 e. The number of sulfonamides is 1. The fraction of sp³-hybridized carbons (Fsp3) is 0.273. The minimum Gasteiger partial charge on any atom is -0.465 e. The molecule has 0 saturated heterocycles. The number of nitrogens with two attached hydrogens (primary N) is 1. The second kappa shape index (κ2) is 5.23. The molecule has 18 heavy (non-hydrogen) atoms. The molecule has 98 valence electrons. The van der Waals surface area contributed by atoms with Crippen molar-refractivity contribution in [3.63, 3.8) is 0 Å². The van der Waals surface area contributed by atoms with Crippen LogP contribution >= 0.6 is 11.3 Å². The van der Waals surface area contributed by atoms with Crippen LogP contribution in [0.15, 0.2) is 32.2 Å². The Bertz CT molecular complexity index is 628. The van der Waals surface area contributed by atoms with E-state index in [9.17, 15) is 8.42 Å². The first-order chi connectivity index (χ1) is 8.51. The van der Waals surface area contributed by atoms with Crippen LogP contribution in [0.2, 0.25) is 0 Å². The molecule has 2 aromatic rings. The molecule has 2 aromatic heterocycles. The second-order valence-electron chi connectivity index (χ2n) is 3.82. The van der Waals surface area contributed by atoms with Crippen LogP contribution in [0.25, 0.3) is 0 Å². The van der Waals surface area contributed by atoms with Crippen molar-refractivity contribution in [3.8, 4) is 0 Å². The Kier molecular flexibility index (Phi) is 3.86. The van der Waals surface area contributed by atoms with Gasteiger partial charge in [-0.15, -0.1) is 11.3 Å². The van der Waals surface area contributed by atoms with Crippen LogP contribution in [0, 0.1) is 6.92 Å². The van der Waals surface area contributed by atoms with Gasteiger partial charge in [-0.1, -0.05) is 0 Å². The number of hydrogen-bond donors (Lipinski definition) is 2. The smallest absolute Gasteiger partial charge is 0.250 e. The van der Waals surface area contributed by atoms with Crippen molar-refractivity contribution in [2.24, 2.45) is 5.73 Å². The molecule has 0 aliphatic heterocycles. The fourth-order valence-corrected chi connectivity index (χ4v) is 3.68. The van der Waals surface area contributed by atoms with E-state index in [-0.39, 0.29) is 10.8 Å². The van der Waals surface area contributed by atoms with Crippen molar-refractivity contribution in [2.45, 2.75) is 24.2 Å². The zero-order chi connectivity index (χ0) is 13.2. The van der Waals surface area contributed by atoms with Gasteiger partial charge in [0.1, 0.15) is 15.7 Å². The van der Waals surface area contributed by atoms with E-state index < -0.39 is 10.0 Å². The average Bonchev–Trinajstić information content (AvgIpc) is 2.95. The number of nitrogens with one attached hydrogen (secondary N) is 1. The molecule has 0 atom stereocenters. The van der Waals surface area contributed by atoms with E-state index in [1.807, 2.05) is 6.92 Å². The van der Waals surface area contributed by atoms with Crippen LogP contribution in [0.4, 0.5) is 0 Å². The summed E-state index contributed by atoms with van der Waals surface area (Å²) >= 11 is 1.16. The van der Waals surface area contributed by atoms with Gasteiger partial charge < -0.3 is 10.2 Å². The number of rotatable bonds is 5. The summed E-state index contributed by atoms with van der Waals surface area (Å²) in [6.45, 7) is 2.29. The van der Waals surface area contributed by atoms with E-state index in [1.165, 1.54) is 0 Å². The molecule has 0 unspecified atom stereocenters. The first-order valence-corrected chi connectivity index (χ1v) is 7.70. The predicted octanol–water partition coefficient (Wildman–Crippen LogP) is 1.59. The lowest BCUT2D eigenvalue weighted by atomic mass is 10.4. The van der Waals surface area contributed by atoms with E-state index in [4.69, 9.17) is 10.2 Å². The van der Waals surface area contributed by atoms with Crippen molar-refractivity contribution >= 4 is 21.4 Å². The van der Waals surface area contributed by atoms with Gasteiger partial charge in [0, 0.05) is 6.54 Å². The van der Waals surface area contributed by atoms with Crippen molar-refractivity contribution in [2.75, 3.05) is 0 Å². The summed E-state index contributed by atoms with van der Waals surface area (Å²) in [6, 6.07) is 5.12. The van der Waals surface area contributed by atoms with E-state index in [0.29, 0.717) is 12.3 Å². The highest BCUT2D eigenvalue weighted by atomic mass is 32.2. The topological polar surface area (TPSA) is 85.3 Å². The van der Waals surface area contributed by atoms with Gasteiger partial charge in [-0.3, -0.25) is 0 Å². The van der Waals surface area contributed by atoms with Crippen LogP contribution in [0.5, 0.6) is 0 Å². The van der Waals surface area contributed by atoms with Gasteiger partial charge >= 0.3 is 0 Å². The van der Waals surface area contributed by atoms with Crippen molar-refractivity contribution in [1.82, 2.24) is 4.72 Å². The van der Waals surface area contributed by atoms with Crippen LogP contribution < -0.4 is 10.5 Å². The molecule has 2 heterocycles. The summed E-state index contributed by atoms with van der Waals surface area (Å²) in [5, 5.41) is 1.74. The van der Waals surface area contributed by atoms with Crippen LogP contribution in [0.3, 0.4) is 0 Å². The molecule has 0 amide bonds. The standard InChI is InChI=1S/C11H14N2O3S2/c1-8-2-3-10(16-8)6-13-18(14,15)11-4-9(5-12)7-17-11/h2-4,7,13H,5-6,12H2,1H3. The Morgan fingerprint density at radius 3 is 2.78 bits per heavy atom. The molecule has 0 saturated carbocycles. The summed E-state index contributed by atoms with van der Waals surface area (Å²) in [7, 11) is -3.49. The van der Waals surface area contributed by atoms with Crippen molar-refractivity contribution < 1.29 is 12.8 Å². The summed E-state index contributed by atoms with van der Waals surface area (Å²) in [5.41, 5.74) is 6.26. The lowest BCUT2D eigenvalue weighted by Crippen LogP contribution is -2.22. The van der Waals surface area contributed by atoms with Crippen LogP contribution in [-0.2, 0) is 23.1 Å². The first-order valence-electron chi connectivity index (χ1n) is 5.34. The molecule has 0 radical (unpaired) electrons. The maximum atomic E-state index is 12.0. The molecule has 0 aliphatic carbocycles. The van der Waals surface area contributed by atoms with E-state index in [0.717, 1.165) is 22.7 Å². The highest BCUT2D eigenvalue weighted by molar-refractivity contribution is 7.91. The monoisotopic (exact) mass is 286 g/mol. The number of hydrogen-bond acceptors (Lipinski definition) is 5. The minimum absolute atomic E-state index is 0.145. The highest BCUT2D eigenvalue weighted by Gasteiger charge is 2.16. The van der Waals surface area contributed by atoms with Gasteiger partial charge in [-0.25, -0.2) is 13.1 Å². The van der Waals surface area contributed by atoms with Gasteiger partial charge in [0.05, 0.1) is 6.54 Å². The number of furan rings is 1. The Hall–Kier alpha value is -1.15. The average molecular weight is 286 g/mol. The summed E-state index contributed by atoms with van der Waals surface area (Å²) < 4.78 is 32.0. The minimum atomic E-state index is -3.49. The molecule has 7 heteroatoms. The molecule has 3 N–H and O–H groups in total. The second-order valence-corrected chi connectivity index (χ2v) is 6.72. The fourth-order valence-electron chi connectivity index (χ4n) is 1.42. The molecule has 0 spiro atoms. The van der Waals surface area contributed by atoms with Gasteiger partial charge in [-0.2, -0.15) is 0 Å². The molecule has 2 rings (SSSR count). The summed E-state index contributed by atoms with van der Waals surface area (Å²) in [4.78, 5) is 0.